The number of carbonyl (C=O) groups is 2. The van der Waals surface area contributed by atoms with Crippen LogP contribution in [0.5, 0.6) is 0 Å². The molecule has 0 spiro atoms. The maximum Gasteiger partial charge on any atom is 0.217 e. The van der Waals surface area contributed by atoms with Gasteiger partial charge in [-0.05, 0) is 50.6 Å². The average Bonchev–Trinajstić information content (AvgIpc) is 2.76. The van der Waals surface area contributed by atoms with E-state index >= 15 is 0 Å². The van der Waals surface area contributed by atoms with E-state index < -0.39 is 0 Å². The van der Waals surface area contributed by atoms with Crippen LogP contribution in [0.3, 0.4) is 0 Å². The van der Waals surface area contributed by atoms with E-state index in [1.807, 2.05) is 0 Å². The van der Waals surface area contributed by atoms with Crippen molar-refractivity contribution in [3.8, 4) is 0 Å². The summed E-state index contributed by atoms with van der Waals surface area (Å²) in [5.74, 6) is 1.48. The molecule has 9 heteroatoms. The van der Waals surface area contributed by atoms with E-state index in [0.29, 0.717) is 12.8 Å². The molecule has 0 aromatic heterocycles. The largest absolute Gasteiger partial charge is 0.381 e. The van der Waals surface area contributed by atoms with Gasteiger partial charge < -0.3 is 20.9 Å². The van der Waals surface area contributed by atoms with E-state index in [9.17, 15) is 9.59 Å². The fraction of sp³-hybridized carbons (Fsp3) is 0.667. The molecule has 2 fully saturated rings. The first-order chi connectivity index (χ1) is 12.7. The van der Waals surface area contributed by atoms with Crippen LogP contribution < -0.4 is 11.5 Å². The van der Waals surface area contributed by atoms with E-state index in [4.69, 9.17) is 20.9 Å². The Bertz CT molecular complexity index is 387. The van der Waals surface area contributed by atoms with E-state index in [0.717, 1.165) is 77.0 Å². The van der Waals surface area contributed by atoms with Crippen molar-refractivity contribution in [2.45, 2.75) is 25.7 Å². The van der Waals surface area contributed by atoms with Crippen LogP contribution in [0.4, 0.5) is 0 Å². The minimum Gasteiger partial charge on any atom is -0.381 e. The Balaban J connectivity index is 0.000000372. The van der Waals surface area contributed by atoms with Crippen LogP contribution >= 0.6 is 0 Å². The number of carbonyl (C=O) groups excluding carboxylic acids is 2. The normalized spacial score (nSPS) is 19.8. The SMILES string of the molecule is NCC1CCOCC1.NCC1CCOCC1.O=CN1C=CN(C=O)C=C1.[Zn]. The molecule has 3 rings (SSSR count). The monoisotopic (exact) mass is 432 g/mol. The summed E-state index contributed by atoms with van der Waals surface area (Å²) < 4.78 is 10.3. The predicted octanol–water partition coefficient (Wildman–Crippen LogP) is 0.600. The topological polar surface area (TPSA) is 111 Å². The summed E-state index contributed by atoms with van der Waals surface area (Å²) in [5, 5.41) is 0. The minimum atomic E-state index is 0. The fourth-order valence-electron chi connectivity index (χ4n) is 2.51. The number of hydrogen-bond donors (Lipinski definition) is 2. The Kier molecular flexibility index (Phi) is 16.3. The molecule has 0 aromatic rings. The second kappa shape index (κ2) is 17.0. The molecular formula is C18H32N4O4Zn. The van der Waals surface area contributed by atoms with Crippen LogP contribution in [0.25, 0.3) is 0 Å². The summed E-state index contributed by atoms with van der Waals surface area (Å²) in [5.41, 5.74) is 10.9. The molecule has 3 aliphatic rings. The molecule has 8 nitrogen and oxygen atoms in total. The van der Waals surface area contributed by atoms with Crippen LogP contribution in [0, 0.1) is 11.8 Å². The number of rotatable bonds is 4. The molecule has 3 aliphatic heterocycles. The van der Waals surface area contributed by atoms with Crippen LogP contribution in [-0.4, -0.2) is 62.1 Å². The zero-order chi connectivity index (χ0) is 19.0. The average molecular weight is 434 g/mol. The molecule has 0 aliphatic carbocycles. The molecule has 2 amide bonds. The standard InChI is InChI=1S/C6H6N2O2.2C6H13NO.Zn/c9-5-7-1-2-8(6-10)4-3-7;2*7-5-6-1-3-8-4-2-6;/h1-6H;2*6H,1-5,7H2;. The maximum atomic E-state index is 10.1. The first-order valence-electron chi connectivity index (χ1n) is 9.11. The molecule has 0 unspecified atom stereocenters. The summed E-state index contributed by atoms with van der Waals surface area (Å²) in [4.78, 5) is 22.8. The summed E-state index contributed by atoms with van der Waals surface area (Å²) >= 11 is 0. The Morgan fingerprint density at radius 3 is 1.22 bits per heavy atom. The quantitative estimate of drug-likeness (QED) is 0.496. The minimum absolute atomic E-state index is 0. The smallest absolute Gasteiger partial charge is 0.217 e. The first-order valence-corrected chi connectivity index (χ1v) is 9.11. The summed E-state index contributed by atoms with van der Waals surface area (Å²) in [6.07, 6.45) is 11.9. The van der Waals surface area contributed by atoms with Crippen LogP contribution in [0.2, 0.25) is 0 Å². The van der Waals surface area contributed by atoms with Gasteiger partial charge in [0, 0.05) is 70.7 Å². The van der Waals surface area contributed by atoms with Crippen molar-refractivity contribution in [3.05, 3.63) is 24.8 Å². The molecule has 150 valence electrons. The summed E-state index contributed by atoms with van der Waals surface area (Å²) in [6.45, 7) is 5.35. The zero-order valence-corrected chi connectivity index (χ0v) is 19.0. The van der Waals surface area contributed by atoms with Crippen LogP contribution in [-0.2, 0) is 38.5 Å². The van der Waals surface area contributed by atoms with Crippen molar-refractivity contribution < 1.29 is 38.5 Å². The Morgan fingerprint density at radius 1 is 0.741 bits per heavy atom. The third-order valence-electron chi connectivity index (χ3n) is 4.41. The summed E-state index contributed by atoms with van der Waals surface area (Å²) in [6, 6.07) is 0. The maximum absolute atomic E-state index is 10.1. The van der Waals surface area contributed by atoms with Gasteiger partial charge in [0.15, 0.2) is 0 Å². The number of nitrogens with two attached hydrogens (primary N) is 2. The van der Waals surface area contributed by atoms with Gasteiger partial charge in [-0.2, -0.15) is 0 Å². The molecule has 0 radical (unpaired) electrons. The third kappa shape index (κ3) is 12.1. The first kappa shape index (κ1) is 25.9. The van der Waals surface area contributed by atoms with Gasteiger partial charge in [-0.1, -0.05) is 0 Å². The second-order valence-electron chi connectivity index (χ2n) is 6.28. The molecule has 0 atom stereocenters. The van der Waals surface area contributed by atoms with Crippen molar-refractivity contribution in [1.82, 2.24) is 9.80 Å². The number of ether oxygens (including phenoxy) is 2. The van der Waals surface area contributed by atoms with Crippen molar-refractivity contribution in [2.24, 2.45) is 23.3 Å². The van der Waals surface area contributed by atoms with Crippen molar-refractivity contribution in [3.63, 3.8) is 0 Å². The number of nitrogens with zero attached hydrogens (tertiary/aromatic N) is 2. The second-order valence-corrected chi connectivity index (χ2v) is 6.28. The van der Waals surface area contributed by atoms with Gasteiger partial charge in [0.05, 0.1) is 0 Å². The van der Waals surface area contributed by atoms with Gasteiger partial charge in [0.2, 0.25) is 12.8 Å². The molecule has 4 N–H and O–H groups in total. The molecule has 0 saturated carbocycles. The molecule has 0 bridgehead atoms. The van der Waals surface area contributed by atoms with E-state index in [-0.39, 0.29) is 19.5 Å². The van der Waals surface area contributed by atoms with E-state index in [1.165, 1.54) is 34.6 Å². The number of amides is 2. The van der Waals surface area contributed by atoms with E-state index in [1.54, 1.807) is 0 Å². The van der Waals surface area contributed by atoms with Crippen molar-refractivity contribution in [1.29, 1.82) is 0 Å². The van der Waals surface area contributed by atoms with Gasteiger partial charge in [-0.3, -0.25) is 19.4 Å². The Hall–Kier alpha value is -1.12. The molecule has 0 aromatic carbocycles. The Labute approximate surface area is 174 Å². The van der Waals surface area contributed by atoms with Gasteiger partial charge in [0.1, 0.15) is 0 Å². The van der Waals surface area contributed by atoms with Gasteiger partial charge in [-0.25, -0.2) is 0 Å². The predicted molar refractivity (Wildman–Crippen MR) is 99.3 cm³/mol. The molecule has 2 saturated heterocycles. The molecule has 27 heavy (non-hydrogen) atoms. The van der Waals surface area contributed by atoms with Gasteiger partial charge in [0.25, 0.3) is 0 Å². The molecule has 3 heterocycles. The number of hydrogen-bond acceptors (Lipinski definition) is 6. The third-order valence-corrected chi connectivity index (χ3v) is 4.41. The summed E-state index contributed by atoms with van der Waals surface area (Å²) in [7, 11) is 0. The van der Waals surface area contributed by atoms with Crippen LogP contribution in [0.15, 0.2) is 24.8 Å². The van der Waals surface area contributed by atoms with E-state index in [2.05, 4.69) is 0 Å². The fourth-order valence-corrected chi connectivity index (χ4v) is 2.51. The zero-order valence-electron chi connectivity index (χ0n) is 16.1. The van der Waals surface area contributed by atoms with Crippen molar-refractivity contribution >= 4 is 12.8 Å². The van der Waals surface area contributed by atoms with Crippen molar-refractivity contribution in [2.75, 3.05) is 39.5 Å². The van der Waals surface area contributed by atoms with Gasteiger partial charge >= 0.3 is 0 Å². The Morgan fingerprint density at radius 2 is 1.04 bits per heavy atom. The van der Waals surface area contributed by atoms with Crippen LogP contribution in [0.1, 0.15) is 25.7 Å². The van der Waals surface area contributed by atoms with Gasteiger partial charge in [-0.15, -0.1) is 0 Å². The molecular weight excluding hydrogens is 402 g/mol.